The minimum Gasteiger partial charge on any atom is -0.493 e. The first-order valence-electron chi connectivity index (χ1n) is 9.41. The van der Waals surface area contributed by atoms with Gasteiger partial charge in [0.2, 0.25) is 0 Å². The van der Waals surface area contributed by atoms with E-state index in [4.69, 9.17) is 18.9 Å². The fraction of sp³-hybridized carbons (Fsp3) is 0.130. The smallest absolute Gasteiger partial charge is 0.343 e. The molecular formula is C23H21N3O6. The molecule has 3 rings (SSSR count). The number of hydrogen-bond donors (Lipinski definition) is 1. The lowest BCUT2D eigenvalue weighted by atomic mass is 10.2. The summed E-state index contributed by atoms with van der Waals surface area (Å²) in [7, 11) is 4.44. The highest BCUT2D eigenvalue weighted by atomic mass is 16.6. The number of esters is 1. The Kier molecular flexibility index (Phi) is 7.37. The summed E-state index contributed by atoms with van der Waals surface area (Å²) in [6.45, 7) is 0. The predicted octanol–water partition coefficient (Wildman–Crippen LogP) is 3.09. The van der Waals surface area contributed by atoms with Crippen LogP contribution in [0.4, 0.5) is 0 Å². The van der Waals surface area contributed by atoms with E-state index in [9.17, 15) is 9.59 Å². The third-order valence-corrected chi connectivity index (χ3v) is 4.31. The van der Waals surface area contributed by atoms with E-state index in [1.807, 2.05) is 0 Å². The molecule has 32 heavy (non-hydrogen) atoms. The third-order valence-electron chi connectivity index (χ3n) is 4.31. The Bertz CT molecular complexity index is 1130. The molecule has 0 radical (unpaired) electrons. The summed E-state index contributed by atoms with van der Waals surface area (Å²) < 4.78 is 21.2. The van der Waals surface area contributed by atoms with Gasteiger partial charge in [0.1, 0.15) is 0 Å². The average Bonchev–Trinajstić information content (AvgIpc) is 2.84. The molecule has 0 fully saturated rings. The van der Waals surface area contributed by atoms with Crippen molar-refractivity contribution in [2.45, 2.75) is 0 Å². The fourth-order valence-corrected chi connectivity index (χ4v) is 2.70. The number of methoxy groups -OCH3 is 3. The molecule has 2 aromatic carbocycles. The zero-order chi connectivity index (χ0) is 22.9. The van der Waals surface area contributed by atoms with Crippen molar-refractivity contribution in [3.05, 3.63) is 77.6 Å². The van der Waals surface area contributed by atoms with Crippen LogP contribution in [0.25, 0.3) is 0 Å². The lowest BCUT2D eigenvalue weighted by molar-refractivity contribution is 0.0729. The molecule has 1 amide bonds. The molecule has 0 bridgehead atoms. The largest absolute Gasteiger partial charge is 0.493 e. The predicted molar refractivity (Wildman–Crippen MR) is 117 cm³/mol. The van der Waals surface area contributed by atoms with E-state index >= 15 is 0 Å². The summed E-state index contributed by atoms with van der Waals surface area (Å²) in [6, 6.07) is 12.9. The molecule has 0 aliphatic rings. The molecule has 1 aromatic heterocycles. The lowest BCUT2D eigenvalue weighted by Gasteiger charge is -2.11. The third kappa shape index (κ3) is 5.39. The second-order valence-electron chi connectivity index (χ2n) is 6.31. The van der Waals surface area contributed by atoms with Crippen LogP contribution in [0.2, 0.25) is 0 Å². The zero-order valence-electron chi connectivity index (χ0n) is 17.7. The second kappa shape index (κ2) is 10.6. The van der Waals surface area contributed by atoms with Crippen LogP contribution in [0.15, 0.2) is 66.0 Å². The SMILES string of the molecule is COc1ccc(C(=O)Oc2ccc(/C=N/NC(=O)c3cccnc3)cc2OC)cc1OC. The molecule has 3 aromatic rings. The van der Waals surface area contributed by atoms with Crippen molar-refractivity contribution in [1.82, 2.24) is 10.4 Å². The number of rotatable bonds is 8. The number of hydrazone groups is 1. The van der Waals surface area contributed by atoms with Gasteiger partial charge in [-0.15, -0.1) is 0 Å². The Balaban J connectivity index is 1.70. The molecule has 0 unspecified atom stereocenters. The minimum atomic E-state index is -0.589. The minimum absolute atomic E-state index is 0.226. The first-order valence-corrected chi connectivity index (χ1v) is 9.41. The molecule has 0 aliphatic carbocycles. The molecular weight excluding hydrogens is 414 g/mol. The van der Waals surface area contributed by atoms with Crippen molar-refractivity contribution in [2.24, 2.45) is 5.10 Å². The van der Waals surface area contributed by atoms with Gasteiger partial charge in [0.25, 0.3) is 5.91 Å². The number of pyridine rings is 1. The highest BCUT2D eigenvalue weighted by molar-refractivity contribution is 5.95. The molecule has 0 saturated carbocycles. The number of aromatic nitrogens is 1. The second-order valence-corrected chi connectivity index (χ2v) is 6.31. The standard InChI is InChI=1S/C23H21N3O6/c1-29-18-9-7-16(12-21(18)31-3)23(28)32-19-8-6-15(11-20(19)30-2)13-25-26-22(27)17-5-4-10-24-14-17/h4-14H,1-3H3,(H,26,27)/b25-13+. The first kappa shape index (κ1) is 22.3. The van der Waals surface area contributed by atoms with Crippen LogP contribution in [0, 0.1) is 0 Å². The van der Waals surface area contributed by atoms with E-state index in [-0.39, 0.29) is 17.2 Å². The maximum Gasteiger partial charge on any atom is 0.343 e. The van der Waals surface area contributed by atoms with Gasteiger partial charge in [0.15, 0.2) is 23.0 Å². The molecule has 1 heterocycles. The Morgan fingerprint density at radius 1 is 0.875 bits per heavy atom. The van der Waals surface area contributed by atoms with E-state index < -0.39 is 5.97 Å². The fourth-order valence-electron chi connectivity index (χ4n) is 2.70. The van der Waals surface area contributed by atoms with Crippen molar-refractivity contribution in [3.63, 3.8) is 0 Å². The van der Waals surface area contributed by atoms with E-state index in [1.54, 1.807) is 48.7 Å². The Hall–Kier alpha value is -4.40. The number of nitrogens with zero attached hydrogens (tertiary/aromatic N) is 2. The molecule has 0 aliphatic heterocycles. The Morgan fingerprint density at radius 2 is 1.59 bits per heavy atom. The van der Waals surface area contributed by atoms with Crippen LogP contribution in [-0.2, 0) is 0 Å². The van der Waals surface area contributed by atoms with Crippen LogP contribution >= 0.6 is 0 Å². The van der Waals surface area contributed by atoms with Gasteiger partial charge >= 0.3 is 5.97 Å². The topological polar surface area (TPSA) is 108 Å². The van der Waals surface area contributed by atoms with Crippen molar-refractivity contribution >= 4 is 18.1 Å². The van der Waals surface area contributed by atoms with Gasteiger partial charge in [-0.1, -0.05) is 0 Å². The number of nitrogens with one attached hydrogen (secondary N) is 1. The monoisotopic (exact) mass is 435 g/mol. The summed E-state index contributed by atoms with van der Waals surface area (Å²) in [5.41, 5.74) is 3.71. The number of amides is 1. The van der Waals surface area contributed by atoms with E-state index in [2.05, 4.69) is 15.5 Å². The van der Waals surface area contributed by atoms with Gasteiger partial charge in [0.05, 0.1) is 38.7 Å². The maximum atomic E-state index is 12.6. The first-order chi connectivity index (χ1) is 15.5. The molecule has 9 nitrogen and oxygen atoms in total. The van der Waals surface area contributed by atoms with Gasteiger partial charge in [0, 0.05) is 12.4 Å². The van der Waals surface area contributed by atoms with Crippen molar-refractivity contribution in [3.8, 4) is 23.0 Å². The molecule has 9 heteroatoms. The number of hydrogen-bond acceptors (Lipinski definition) is 8. The number of carbonyl (C=O) groups excluding carboxylic acids is 2. The highest BCUT2D eigenvalue weighted by Gasteiger charge is 2.15. The molecule has 0 saturated heterocycles. The van der Waals surface area contributed by atoms with Crippen LogP contribution in [-0.4, -0.2) is 44.4 Å². The Labute approximate surface area is 184 Å². The number of carbonyl (C=O) groups is 2. The number of ether oxygens (including phenoxy) is 4. The summed E-state index contributed by atoms with van der Waals surface area (Å²) in [5.74, 6) is 0.482. The van der Waals surface area contributed by atoms with Crippen LogP contribution in [0.3, 0.4) is 0 Å². The summed E-state index contributed by atoms with van der Waals surface area (Å²) >= 11 is 0. The molecule has 0 spiro atoms. The molecule has 164 valence electrons. The molecule has 0 atom stereocenters. The summed E-state index contributed by atoms with van der Waals surface area (Å²) in [6.07, 6.45) is 4.46. The summed E-state index contributed by atoms with van der Waals surface area (Å²) in [4.78, 5) is 28.4. The maximum absolute atomic E-state index is 12.6. The van der Waals surface area contributed by atoms with Crippen LogP contribution < -0.4 is 24.4 Å². The van der Waals surface area contributed by atoms with Crippen molar-refractivity contribution in [1.29, 1.82) is 0 Å². The lowest BCUT2D eigenvalue weighted by Crippen LogP contribution is -2.17. The van der Waals surface area contributed by atoms with E-state index in [0.29, 0.717) is 28.4 Å². The van der Waals surface area contributed by atoms with E-state index in [0.717, 1.165) is 0 Å². The van der Waals surface area contributed by atoms with Gasteiger partial charge in [-0.05, 0) is 54.1 Å². The van der Waals surface area contributed by atoms with Gasteiger partial charge < -0.3 is 18.9 Å². The zero-order valence-corrected chi connectivity index (χ0v) is 17.7. The van der Waals surface area contributed by atoms with Gasteiger partial charge in [-0.25, -0.2) is 10.2 Å². The number of benzene rings is 2. The molecule has 1 N–H and O–H groups in total. The highest BCUT2D eigenvalue weighted by Crippen LogP contribution is 2.31. The van der Waals surface area contributed by atoms with E-state index in [1.165, 1.54) is 39.8 Å². The summed E-state index contributed by atoms with van der Waals surface area (Å²) in [5, 5.41) is 3.93. The van der Waals surface area contributed by atoms with Crippen LogP contribution in [0.1, 0.15) is 26.3 Å². The van der Waals surface area contributed by atoms with Crippen molar-refractivity contribution in [2.75, 3.05) is 21.3 Å². The normalized spacial score (nSPS) is 10.5. The van der Waals surface area contributed by atoms with Crippen LogP contribution in [0.5, 0.6) is 23.0 Å². The van der Waals surface area contributed by atoms with Gasteiger partial charge in [-0.2, -0.15) is 5.10 Å². The quantitative estimate of drug-likeness (QED) is 0.251. The van der Waals surface area contributed by atoms with Gasteiger partial charge in [-0.3, -0.25) is 9.78 Å². The Morgan fingerprint density at radius 3 is 2.28 bits per heavy atom. The average molecular weight is 435 g/mol. The van der Waals surface area contributed by atoms with Crippen molar-refractivity contribution < 1.29 is 28.5 Å².